The van der Waals surface area contributed by atoms with Crippen LogP contribution in [0.4, 0.5) is 5.13 Å². The van der Waals surface area contributed by atoms with Gasteiger partial charge in [0.25, 0.3) is 5.91 Å². The third kappa shape index (κ3) is 6.66. The molecule has 0 unspecified atom stereocenters. The van der Waals surface area contributed by atoms with Gasteiger partial charge >= 0.3 is 5.97 Å². The average Bonchev–Trinajstić information content (AvgIpc) is 3.49. The van der Waals surface area contributed by atoms with Crippen LogP contribution in [0.3, 0.4) is 0 Å². The van der Waals surface area contributed by atoms with E-state index in [9.17, 15) is 19.2 Å². The Morgan fingerprint density at radius 1 is 1.29 bits per heavy atom. The van der Waals surface area contributed by atoms with Gasteiger partial charge in [-0.15, -0.1) is 11.3 Å². The lowest BCUT2D eigenvalue weighted by atomic mass is 9.97. The van der Waals surface area contributed by atoms with Crippen molar-refractivity contribution >= 4 is 40.2 Å². The first-order chi connectivity index (χ1) is 16.3. The number of carbonyl (C=O) groups excluding carboxylic acids is 4. The maximum Gasteiger partial charge on any atom is 0.309 e. The predicted octanol–water partition coefficient (Wildman–Crippen LogP) is 2.57. The van der Waals surface area contributed by atoms with Gasteiger partial charge in [0.15, 0.2) is 10.9 Å². The van der Waals surface area contributed by atoms with Crippen LogP contribution in [0.5, 0.6) is 0 Å². The number of nitrogens with zero attached hydrogens (tertiary/aromatic N) is 3. The lowest BCUT2D eigenvalue weighted by Gasteiger charge is -2.30. The Hall–Kier alpha value is -3.21. The molecule has 184 valence electrons. The summed E-state index contributed by atoms with van der Waals surface area (Å²) in [6.07, 6.45) is 2.70. The van der Waals surface area contributed by atoms with E-state index in [0.717, 1.165) is 0 Å². The van der Waals surface area contributed by atoms with Crippen molar-refractivity contribution in [3.63, 3.8) is 0 Å². The minimum atomic E-state index is -0.387. The van der Waals surface area contributed by atoms with Crippen LogP contribution in [-0.2, 0) is 25.5 Å². The van der Waals surface area contributed by atoms with Crippen molar-refractivity contribution in [3.8, 4) is 0 Å². The van der Waals surface area contributed by atoms with Crippen LogP contribution in [0, 0.1) is 5.92 Å². The molecule has 0 aromatic carbocycles. The standard InChI is InChI=1S/C23H30N4O6S/c1-4-32-22(31)16-7-9-26(10-8-16)20(29)12-17-14-34-23(24-17)25-19(28)13-27(15(2)3)21(30)18-6-5-11-33-18/h5-6,11,14-16H,4,7-10,12-13H2,1-3H3,(H,24,25,28). The number of furan rings is 1. The van der Waals surface area contributed by atoms with Crippen LogP contribution >= 0.6 is 11.3 Å². The first kappa shape index (κ1) is 25.4. The molecule has 1 aliphatic heterocycles. The van der Waals surface area contributed by atoms with E-state index >= 15 is 0 Å². The topological polar surface area (TPSA) is 122 Å². The van der Waals surface area contributed by atoms with Crippen LogP contribution in [0.25, 0.3) is 0 Å². The van der Waals surface area contributed by atoms with Crippen molar-refractivity contribution in [1.82, 2.24) is 14.8 Å². The summed E-state index contributed by atoms with van der Waals surface area (Å²) in [6, 6.07) is 2.96. The SMILES string of the molecule is CCOC(=O)C1CCN(C(=O)Cc2csc(NC(=O)CN(C(=O)c3ccco3)C(C)C)n2)CC1. The number of likely N-dealkylation sites (tertiary alicyclic amines) is 1. The molecule has 3 rings (SSSR count). The van der Waals surface area contributed by atoms with Gasteiger partial charge in [0.1, 0.15) is 6.54 Å². The second kappa shape index (κ2) is 11.8. The molecule has 0 saturated carbocycles. The number of hydrogen-bond donors (Lipinski definition) is 1. The van der Waals surface area contributed by atoms with E-state index < -0.39 is 0 Å². The highest BCUT2D eigenvalue weighted by Crippen LogP contribution is 2.21. The number of rotatable bonds is 9. The van der Waals surface area contributed by atoms with Gasteiger partial charge in [-0.2, -0.15) is 0 Å². The number of hydrogen-bond acceptors (Lipinski definition) is 8. The summed E-state index contributed by atoms with van der Waals surface area (Å²) in [7, 11) is 0. The van der Waals surface area contributed by atoms with E-state index in [0.29, 0.717) is 43.4 Å². The molecule has 0 aliphatic carbocycles. The van der Waals surface area contributed by atoms with Crippen LogP contribution in [0.15, 0.2) is 28.2 Å². The molecule has 3 amide bonds. The van der Waals surface area contributed by atoms with Crippen molar-refractivity contribution in [2.45, 2.75) is 46.1 Å². The Balaban J connectivity index is 1.49. The van der Waals surface area contributed by atoms with Gasteiger partial charge in [-0.3, -0.25) is 19.2 Å². The zero-order valence-corrected chi connectivity index (χ0v) is 20.4. The molecule has 0 spiro atoms. The summed E-state index contributed by atoms with van der Waals surface area (Å²) in [5.41, 5.74) is 0.560. The third-order valence-corrected chi connectivity index (χ3v) is 6.33. The van der Waals surface area contributed by atoms with E-state index in [1.54, 1.807) is 29.3 Å². The van der Waals surface area contributed by atoms with Crippen LogP contribution in [0.1, 0.15) is 49.9 Å². The lowest BCUT2D eigenvalue weighted by Crippen LogP contribution is -2.42. The smallest absolute Gasteiger partial charge is 0.309 e. The van der Waals surface area contributed by atoms with Gasteiger partial charge in [-0.25, -0.2) is 4.98 Å². The fourth-order valence-electron chi connectivity index (χ4n) is 3.68. The number of carbonyl (C=O) groups is 4. The fourth-order valence-corrected chi connectivity index (χ4v) is 4.41. The van der Waals surface area contributed by atoms with Crippen molar-refractivity contribution in [2.75, 3.05) is 31.6 Å². The number of anilines is 1. The predicted molar refractivity (Wildman–Crippen MR) is 125 cm³/mol. The van der Waals surface area contributed by atoms with Gasteiger partial charge in [-0.05, 0) is 45.7 Å². The number of thiazole rings is 1. The van der Waals surface area contributed by atoms with E-state index in [-0.39, 0.29) is 54.4 Å². The Morgan fingerprint density at radius 2 is 2.03 bits per heavy atom. The Bertz CT molecular complexity index is 995. The van der Waals surface area contributed by atoms with Crippen LogP contribution in [-0.4, -0.2) is 70.8 Å². The highest BCUT2D eigenvalue weighted by Gasteiger charge is 2.28. The Kier molecular flexibility index (Phi) is 8.80. The molecule has 0 radical (unpaired) electrons. The molecule has 2 aromatic rings. The number of aromatic nitrogens is 1. The normalized spacial score (nSPS) is 14.2. The summed E-state index contributed by atoms with van der Waals surface area (Å²) < 4.78 is 10.2. The molecular weight excluding hydrogens is 460 g/mol. The van der Waals surface area contributed by atoms with E-state index in [1.165, 1.54) is 22.5 Å². The monoisotopic (exact) mass is 490 g/mol. The molecule has 1 fully saturated rings. The molecule has 3 heterocycles. The second-order valence-electron chi connectivity index (χ2n) is 8.28. The van der Waals surface area contributed by atoms with Gasteiger partial charge in [0.2, 0.25) is 11.8 Å². The summed E-state index contributed by atoms with van der Waals surface area (Å²) in [6.45, 7) is 6.63. The van der Waals surface area contributed by atoms with Crippen molar-refractivity contribution < 1.29 is 28.3 Å². The molecule has 1 N–H and O–H groups in total. The molecule has 0 atom stereocenters. The number of piperidine rings is 1. The number of esters is 1. The first-order valence-corrected chi connectivity index (χ1v) is 12.2. The summed E-state index contributed by atoms with van der Waals surface area (Å²) in [5.74, 6) is -1.01. The Morgan fingerprint density at radius 3 is 2.65 bits per heavy atom. The van der Waals surface area contributed by atoms with E-state index in [4.69, 9.17) is 9.15 Å². The molecule has 2 aromatic heterocycles. The number of ether oxygens (including phenoxy) is 1. The third-order valence-electron chi connectivity index (χ3n) is 5.53. The summed E-state index contributed by atoms with van der Waals surface area (Å²) >= 11 is 1.22. The fraction of sp³-hybridized carbons (Fsp3) is 0.522. The maximum absolute atomic E-state index is 12.6. The average molecular weight is 491 g/mol. The number of nitrogens with one attached hydrogen (secondary N) is 1. The van der Waals surface area contributed by atoms with Gasteiger partial charge in [0.05, 0.1) is 30.9 Å². The maximum atomic E-state index is 12.6. The Labute approximate surface area is 202 Å². The second-order valence-corrected chi connectivity index (χ2v) is 9.14. The zero-order chi connectivity index (χ0) is 24.7. The summed E-state index contributed by atoms with van der Waals surface area (Å²) in [5, 5.41) is 4.79. The largest absolute Gasteiger partial charge is 0.466 e. The van der Waals surface area contributed by atoms with Crippen LogP contribution in [0.2, 0.25) is 0 Å². The molecule has 1 saturated heterocycles. The molecule has 10 nitrogen and oxygen atoms in total. The minimum absolute atomic E-state index is 0.0690. The van der Waals surface area contributed by atoms with Gasteiger partial charge in [0, 0.05) is 24.5 Å². The molecule has 1 aliphatic rings. The number of amides is 3. The van der Waals surface area contributed by atoms with Gasteiger partial charge < -0.3 is 24.3 Å². The van der Waals surface area contributed by atoms with Gasteiger partial charge in [-0.1, -0.05) is 0 Å². The molecular formula is C23H30N4O6S. The zero-order valence-electron chi connectivity index (χ0n) is 19.6. The summed E-state index contributed by atoms with van der Waals surface area (Å²) in [4.78, 5) is 57.1. The van der Waals surface area contributed by atoms with E-state index in [2.05, 4.69) is 10.3 Å². The van der Waals surface area contributed by atoms with Crippen LogP contribution < -0.4 is 5.32 Å². The quantitative estimate of drug-likeness (QED) is 0.536. The lowest BCUT2D eigenvalue weighted by molar-refractivity contribution is -0.151. The first-order valence-electron chi connectivity index (χ1n) is 11.3. The molecule has 34 heavy (non-hydrogen) atoms. The van der Waals surface area contributed by atoms with Crippen molar-refractivity contribution in [1.29, 1.82) is 0 Å². The van der Waals surface area contributed by atoms with E-state index in [1.807, 2.05) is 13.8 Å². The minimum Gasteiger partial charge on any atom is -0.466 e. The highest BCUT2D eigenvalue weighted by molar-refractivity contribution is 7.13. The van der Waals surface area contributed by atoms with Crippen molar-refractivity contribution in [3.05, 3.63) is 35.2 Å². The molecule has 11 heteroatoms. The molecule has 0 bridgehead atoms. The highest BCUT2D eigenvalue weighted by atomic mass is 32.1. The van der Waals surface area contributed by atoms with Crippen molar-refractivity contribution in [2.24, 2.45) is 5.92 Å².